The fourth-order valence-electron chi connectivity index (χ4n) is 2.14. The van der Waals surface area contributed by atoms with Crippen LogP contribution in [-0.2, 0) is 0 Å². The lowest BCUT2D eigenvalue weighted by Gasteiger charge is -2.33. The van der Waals surface area contributed by atoms with E-state index in [1.165, 1.54) is 0 Å². The van der Waals surface area contributed by atoms with E-state index in [1.807, 2.05) is 24.3 Å². The minimum atomic E-state index is -0.152. The predicted octanol–water partition coefficient (Wildman–Crippen LogP) is 4.84. The van der Waals surface area contributed by atoms with Gasteiger partial charge in [0.25, 0.3) is 0 Å². The van der Waals surface area contributed by atoms with Crippen LogP contribution in [0.15, 0.2) is 29.2 Å². The molecule has 0 atom stereocenters. The van der Waals surface area contributed by atoms with E-state index in [2.05, 4.69) is 34.6 Å². The smallest absolute Gasteiger partial charge is 0.120 e. The fourth-order valence-corrected chi connectivity index (χ4v) is 2.28. The van der Waals surface area contributed by atoms with Crippen molar-refractivity contribution < 1.29 is 4.74 Å². The van der Waals surface area contributed by atoms with Gasteiger partial charge in [0.05, 0.1) is 0 Å². The van der Waals surface area contributed by atoms with Gasteiger partial charge in [0.2, 0.25) is 0 Å². The summed E-state index contributed by atoms with van der Waals surface area (Å²) in [7, 11) is 0. The van der Waals surface area contributed by atoms with Gasteiger partial charge in [0, 0.05) is 4.90 Å². The van der Waals surface area contributed by atoms with E-state index < -0.39 is 0 Å². The SMILES string of the molecule is CC(C)(C)CC(C)(C)Oc1ccc([S])cc1. The lowest BCUT2D eigenvalue weighted by Crippen LogP contribution is -2.33. The second kappa shape index (κ2) is 4.62. The van der Waals surface area contributed by atoms with Crippen LogP contribution >= 0.6 is 12.6 Å². The second-order valence-electron chi connectivity index (χ2n) is 6.07. The largest absolute Gasteiger partial charge is 0.488 e. The van der Waals surface area contributed by atoms with E-state index in [0.717, 1.165) is 17.1 Å². The summed E-state index contributed by atoms with van der Waals surface area (Å²) in [6, 6.07) is 7.68. The van der Waals surface area contributed by atoms with Crippen LogP contribution in [0.5, 0.6) is 5.75 Å². The number of benzene rings is 1. The Morgan fingerprint density at radius 1 is 1.00 bits per heavy atom. The summed E-state index contributed by atoms with van der Waals surface area (Å²) >= 11 is 5.05. The van der Waals surface area contributed by atoms with Crippen molar-refractivity contribution in [2.45, 2.75) is 51.5 Å². The maximum atomic E-state index is 5.99. The number of rotatable bonds is 3. The fraction of sp³-hybridized carbons (Fsp3) is 0.571. The van der Waals surface area contributed by atoms with Gasteiger partial charge in [-0.05, 0) is 49.9 Å². The summed E-state index contributed by atoms with van der Waals surface area (Å²) in [4.78, 5) is 0.848. The Morgan fingerprint density at radius 3 is 1.94 bits per heavy atom. The Hall–Kier alpha value is -0.760. The van der Waals surface area contributed by atoms with Crippen molar-refractivity contribution in [1.29, 1.82) is 0 Å². The number of hydrogen-bond donors (Lipinski definition) is 0. The molecule has 0 aliphatic rings. The molecule has 0 saturated heterocycles. The second-order valence-corrected chi connectivity index (χ2v) is 6.54. The van der Waals surface area contributed by atoms with Gasteiger partial charge >= 0.3 is 0 Å². The van der Waals surface area contributed by atoms with Crippen LogP contribution in [0.25, 0.3) is 0 Å². The van der Waals surface area contributed by atoms with E-state index in [4.69, 9.17) is 17.4 Å². The van der Waals surface area contributed by atoms with Crippen molar-refractivity contribution in [3.8, 4) is 5.75 Å². The summed E-state index contributed by atoms with van der Waals surface area (Å²) in [6.07, 6.45) is 1.01. The third kappa shape index (κ3) is 4.84. The normalized spacial score (nSPS) is 12.6. The quantitative estimate of drug-likeness (QED) is 0.731. The maximum Gasteiger partial charge on any atom is 0.120 e. The lowest BCUT2D eigenvalue weighted by atomic mass is 9.83. The van der Waals surface area contributed by atoms with Gasteiger partial charge in [-0.15, -0.1) is 0 Å². The Kier molecular flexibility index (Phi) is 3.84. The molecule has 16 heavy (non-hydrogen) atoms. The van der Waals surface area contributed by atoms with Gasteiger partial charge < -0.3 is 4.74 Å². The summed E-state index contributed by atoms with van der Waals surface area (Å²) in [5.41, 5.74) is 0.114. The maximum absolute atomic E-state index is 5.99. The molecule has 0 bridgehead atoms. The Bertz CT molecular complexity index is 333. The van der Waals surface area contributed by atoms with Gasteiger partial charge in [-0.3, -0.25) is 0 Å². The van der Waals surface area contributed by atoms with Crippen LogP contribution in [-0.4, -0.2) is 5.60 Å². The van der Waals surface area contributed by atoms with Crippen molar-refractivity contribution in [3.63, 3.8) is 0 Å². The van der Waals surface area contributed by atoms with Crippen LogP contribution in [0, 0.1) is 5.41 Å². The molecule has 0 aliphatic carbocycles. The van der Waals surface area contributed by atoms with Gasteiger partial charge in [-0.2, -0.15) is 0 Å². The van der Waals surface area contributed by atoms with Crippen LogP contribution < -0.4 is 4.74 Å². The topological polar surface area (TPSA) is 9.23 Å². The molecular weight excluding hydrogens is 216 g/mol. The van der Waals surface area contributed by atoms with Gasteiger partial charge in [-0.1, -0.05) is 33.4 Å². The van der Waals surface area contributed by atoms with E-state index in [1.54, 1.807) is 0 Å². The van der Waals surface area contributed by atoms with Crippen molar-refractivity contribution in [1.82, 2.24) is 0 Å². The molecule has 1 rings (SSSR count). The molecule has 0 fully saturated rings. The van der Waals surface area contributed by atoms with Crippen LogP contribution in [0.3, 0.4) is 0 Å². The van der Waals surface area contributed by atoms with Gasteiger partial charge in [0.15, 0.2) is 0 Å². The highest BCUT2D eigenvalue weighted by molar-refractivity contribution is 7.80. The highest BCUT2D eigenvalue weighted by Gasteiger charge is 2.27. The minimum Gasteiger partial charge on any atom is -0.488 e. The van der Waals surface area contributed by atoms with Gasteiger partial charge in [0.1, 0.15) is 11.4 Å². The van der Waals surface area contributed by atoms with Crippen molar-refractivity contribution in [2.75, 3.05) is 0 Å². The highest BCUT2D eigenvalue weighted by Crippen LogP contribution is 2.31. The first-order valence-electron chi connectivity index (χ1n) is 5.64. The van der Waals surface area contributed by atoms with E-state index in [-0.39, 0.29) is 11.0 Å². The first-order valence-corrected chi connectivity index (χ1v) is 6.05. The van der Waals surface area contributed by atoms with E-state index in [0.29, 0.717) is 0 Å². The van der Waals surface area contributed by atoms with E-state index >= 15 is 0 Å². The third-order valence-electron chi connectivity index (χ3n) is 2.17. The first-order chi connectivity index (χ1) is 7.18. The molecule has 0 unspecified atom stereocenters. The van der Waals surface area contributed by atoms with Crippen LogP contribution in [0.2, 0.25) is 0 Å². The molecule has 1 nitrogen and oxygen atoms in total. The van der Waals surface area contributed by atoms with Crippen LogP contribution in [0.1, 0.15) is 41.0 Å². The molecule has 0 aliphatic heterocycles. The summed E-state index contributed by atoms with van der Waals surface area (Å²) in [6.45, 7) is 10.9. The molecule has 0 spiro atoms. The average Bonchev–Trinajstić information content (AvgIpc) is 2.04. The molecule has 1 aromatic rings. The molecule has 0 saturated carbocycles. The zero-order valence-electron chi connectivity index (χ0n) is 10.8. The molecular formula is C14H21OS. The monoisotopic (exact) mass is 237 g/mol. The minimum absolute atomic E-state index is 0.152. The highest BCUT2D eigenvalue weighted by atomic mass is 32.1. The molecule has 0 aromatic heterocycles. The van der Waals surface area contributed by atoms with Crippen LogP contribution in [0.4, 0.5) is 0 Å². The number of hydrogen-bond acceptors (Lipinski definition) is 1. The van der Waals surface area contributed by atoms with Crippen molar-refractivity contribution in [3.05, 3.63) is 24.3 Å². The summed E-state index contributed by atoms with van der Waals surface area (Å²) < 4.78 is 5.99. The zero-order chi connectivity index (χ0) is 12.4. The molecule has 0 amide bonds. The predicted molar refractivity (Wildman–Crippen MR) is 71.1 cm³/mol. The van der Waals surface area contributed by atoms with E-state index in [9.17, 15) is 0 Å². The first kappa shape index (κ1) is 13.3. The van der Waals surface area contributed by atoms with Crippen molar-refractivity contribution in [2.24, 2.45) is 5.41 Å². The number of ether oxygens (including phenoxy) is 1. The molecule has 0 heterocycles. The standard InChI is InChI=1S/C14H21OS/c1-13(2,3)10-14(4,5)15-11-6-8-12(16)9-7-11/h6-9H,10H2,1-5H3. The molecule has 89 valence electrons. The Balaban J connectivity index is 2.69. The Labute approximate surface area is 105 Å². The Morgan fingerprint density at radius 2 is 1.50 bits per heavy atom. The zero-order valence-corrected chi connectivity index (χ0v) is 11.6. The summed E-state index contributed by atoms with van der Waals surface area (Å²) in [5.74, 6) is 0.892. The molecule has 2 heteroatoms. The molecule has 1 radical (unpaired) electrons. The summed E-state index contributed by atoms with van der Waals surface area (Å²) in [5, 5.41) is 0. The molecule has 0 N–H and O–H groups in total. The molecule has 1 aromatic carbocycles. The van der Waals surface area contributed by atoms with Crippen molar-refractivity contribution >= 4 is 12.6 Å². The lowest BCUT2D eigenvalue weighted by molar-refractivity contribution is 0.0621. The van der Waals surface area contributed by atoms with Gasteiger partial charge in [-0.25, -0.2) is 0 Å². The average molecular weight is 237 g/mol. The third-order valence-corrected chi connectivity index (χ3v) is 2.45.